The van der Waals surface area contributed by atoms with Crippen LogP contribution in [0.2, 0.25) is 0 Å². The van der Waals surface area contributed by atoms with Gasteiger partial charge in [0.25, 0.3) is 0 Å². The van der Waals surface area contributed by atoms with E-state index in [-0.39, 0.29) is 6.03 Å². The smallest absolute Gasteiger partial charge is 0.315 e. The lowest BCUT2D eigenvalue weighted by atomic mass is 10.2. The molecule has 0 saturated heterocycles. The third-order valence-corrected chi connectivity index (χ3v) is 3.77. The van der Waals surface area contributed by atoms with Crippen molar-refractivity contribution in [1.29, 1.82) is 0 Å². The van der Waals surface area contributed by atoms with Crippen molar-refractivity contribution in [2.24, 2.45) is 0 Å². The molecule has 0 spiro atoms. The fraction of sp³-hybridized carbons (Fsp3) is 0.235. The van der Waals surface area contributed by atoms with Crippen LogP contribution in [-0.2, 0) is 6.54 Å². The first-order valence-corrected chi connectivity index (χ1v) is 8.01. The van der Waals surface area contributed by atoms with Crippen molar-refractivity contribution in [3.8, 4) is 11.5 Å². The second kappa shape index (κ2) is 9.05. The second-order valence-electron chi connectivity index (χ2n) is 4.70. The number of nitrogens with one attached hydrogen (secondary N) is 2. The molecule has 0 aliphatic heterocycles. The first-order valence-electron chi connectivity index (χ1n) is 7.21. The van der Waals surface area contributed by atoms with Crippen LogP contribution in [0.25, 0.3) is 0 Å². The van der Waals surface area contributed by atoms with E-state index in [2.05, 4.69) is 26.6 Å². The summed E-state index contributed by atoms with van der Waals surface area (Å²) < 4.78 is 11.7. The van der Waals surface area contributed by atoms with Crippen molar-refractivity contribution in [2.45, 2.75) is 6.54 Å². The third kappa shape index (κ3) is 5.49. The maximum Gasteiger partial charge on any atom is 0.315 e. The molecular formula is C17H19BrN2O3. The predicted molar refractivity (Wildman–Crippen MR) is 92.9 cm³/mol. The molecule has 2 N–H and O–H groups in total. The molecule has 122 valence electrons. The number of methoxy groups -OCH3 is 1. The third-order valence-electron chi connectivity index (χ3n) is 3.11. The van der Waals surface area contributed by atoms with E-state index in [0.29, 0.717) is 19.7 Å². The van der Waals surface area contributed by atoms with E-state index in [0.717, 1.165) is 21.5 Å². The molecule has 2 aromatic carbocycles. The van der Waals surface area contributed by atoms with E-state index in [1.54, 1.807) is 7.11 Å². The van der Waals surface area contributed by atoms with Crippen LogP contribution in [0.1, 0.15) is 5.56 Å². The summed E-state index contributed by atoms with van der Waals surface area (Å²) in [6.07, 6.45) is 0. The Balaban J connectivity index is 1.68. The van der Waals surface area contributed by atoms with Gasteiger partial charge in [-0.05, 0) is 34.1 Å². The monoisotopic (exact) mass is 378 g/mol. The molecule has 0 fully saturated rings. The molecule has 2 aromatic rings. The van der Waals surface area contributed by atoms with E-state index in [1.165, 1.54) is 0 Å². The van der Waals surface area contributed by atoms with Crippen molar-refractivity contribution in [3.05, 3.63) is 58.6 Å². The number of carbonyl (C=O) groups is 1. The number of para-hydroxylation sites is 2. The summed E-state index contributed by atoms with van der Waals surface area (Å²) in [4.78, 5) is 11.8. The van der Waals surface area contributed by atoms with E-state index in [9.17, 15) is 4.79 Å². The Morgan fingerprint density at radius 2 is 1.74 bits per heavy atom. The zero-order chi connectivity index (χ0) is 16.5. The van der Waals surface area contributed by atoms with Crippen molar-refractivity contribution in [2.75, 3.05) is 20.3 Å². The highest BCUT2D eigenvalue weighted by atomic mass is 79.9. The van der Waals surface area contributed by atoms with Gasteiger partial charge in [0.15, 0.2) is 0 Å². The van der Waals surface area contributed by atoms with Crippen LogP contribution in [0.4, 0.5) is 4.79 Å². The summed E-state index contributed by atoms with van der Waals surface area (Å²) in [6, 6.07) is 14.9. The molecule has 0 unspecified atom stereocenters. The Hall–Kier alpha value is -2.21. The maximum atomic E-state index is 11.8. The Kier molecular flexibility index (Phi) is 6.75. The van der Waals surface area contributed by atoms with Crippen LogP contribution < -0.4 is 20.1 Å². The Labute approximate surface area is 144 Å². The quantitative estimate of drug-likeness (QED) is 0.726. The molecule has 2 amide bonds. The molecule has 0 saturated carbocycles. The molecule has 0 aliphatic rings. The minimum atomic E-state index is -0.244. The second-order valence-corrected chi connectivity index (χ2v) is 5.55. The van der Waals surface area contributed by atoms with Gasteiger partial charge in [0.1, 0.15) is 18.1 Å². The number of ether oxygens (including phenoxy) is 2. The molecule has 0 aliphatic carbocycles. The summed E-state index contributed by atoms with van der Waals surface area (Å²) >= 11 is 3.41. The minimum absolute atomic E-state index is 0.244. The van der Waals surface area contributed by atoms with Gasteiger partial charge in [-0.2, -0.15) is 0 Å². The minimum Gasteiger partial charge on any atom is -0.496 e. The van der Waals surface area contributed by atoms with Gasteiger partial charge in [0, 0.05) is 12.1 Å². The average Bonchev–Trinajstić information content (AvgIpc) is 2.58. The molecule has 0 aromatic heterocycles. The van der Waals surface area contributed by atoms with Crippen LogP contribution in [-0.4, -0.2) is 26.3 Å². The van der Waals surface area contributed by atoms with Gasteiger partial charge in [-0.25, -0.2) is 4.79 Å². The van der Waals surface area contributed by atoms with Gasteiger partial charge in [0.2, 0.25) is 0 Å². The molecular weight excluding hydrogens is 360 g/mol. The summed E-state index contributed by atoms with van der Waals surface area (Å²) in [5, 5.41) is 5.54. The Bertz CT molecular complexity index is 649. The zero-order valence-electron chi connectivity index (χ0n) is 12.8. The SMILES string of the molecule is COc1ccccc1CNC(=O)NCCOc1ccccc1Br. The van der Waals surface area contributed by atoms with Crippen molar-refractivity contribution >= 4 is 22.0 Å². The summed E-state index contributed by atoms with van der Waals surface area (Å²) in [5.74, 6) is 1.51. The molecule has 2 rings (SSSR count). The van der Waals surface area contributed by atoms with Gasteiger partial charge in [0.05, 0.1) is 18.1 Å². The standard InChI is InChI=1S/C17H19BrN2O3/c1-22-15-8-4-2-6-13(15)12-20-17(21)19-10-11-23-16-9-5-3-7-14(16)18/h2-9H,10-12H2,1H3,(H2,19,20,21). The highest BCUT2D eigenvalue weighted by molar-refractivity contribution is 9.10. The first kappa shape index (κ1) is 17.1. The van der Waals surface area contributed by atoms with Crippen LogP contribution in [0.5, 0.6) is 11.5 Å². The normalized spacial score (nSPS) is 10.0. The molecule has 0 bridgehead atoms. The van der Waals surface area contributed by atoms with Crippen molar-refractivity contribution in [3.63, 3.8) is 0 Å². The number of rotatable bonds is 7. The largest absolute Gasteiger partial charge is 0.496 e. The van der Waals surface area contributed by atoms with E-state index >= 15 is 0 Å². The molecule has 0 radical (unpaired) electrons. The van der Waals surface area contributed by atoms with Crippen molar-refractivity contribution in [1.82, 2.24) is 10.6 Å². The number of amides is 2. The highest BCUT2D eigenvalue weighted by Crippen LogP contribution is 2.23. The Morgan fingerprint density at radius 3 is 2.48 bits per heavy atom. The fourth-order valence-electron chi connectivity index (χ4n) is 1.97. The van der Waals surface area contributed by atoms with Gasteiger partial charge in [-0.1, -0.05) is 30.3 Å². The zero-order valence-corrected chi connectivity index (χ0v) is 14.4. The first-order chi connectivity index (χ1) is 11.2. The molecule has 23 heavy (non-hydrogen) atoms. The lowest BCUT2D eigenvalue weighted by molar-refractivity contribution is 0.236. The number of hydrogen-bond acceptors (Lipinski definition) is 3. The lowest BCUT2D eigenvalue weighted by Gasteiger charge is -2.11. The number of benzene rings is 2. The van der Waals surface area contributed by atoms with Gasteiger partial charge in [-0.15, -0.1) is 0 Å². The van der Waals surface area contributed by atoms with Gasteiger partial charge >= 0.3 is 6.03 Å². The van der Waals surface area contributed by atoms with Crippen LogP contribution in [0, 0.1) is 0 Å². The van der Waals surface area contributed by atoms with E-state index < -0.39 is 0 Å². The molecule has 0 atom stereocenters. The Morgan fingerprint density at radius 1 is 1.04 bits per heavy atom. The van der Waals surface area contributed by atoms with Crippen LogP contribution in [0.15, 0.2) is 53.0 Å². The van der Waals surface area contributed by atoms with Crippen LogP contribution >= 0.6 is 15.9 Å². The average molecular weight is 379 g/mol. The number of carbonyl (C=O) groups excluding carboxylic acids is 1. The summed E-state index contributed by atoms with van der Waals surface area (Å²) in [7, 11) is 1.61. The summed E-state index contributed by atoms with van der Waals surface area (Å²) in [5.41, 5.74) is 0.926. The molecule has 5 nitrogen and oxygen atoms in total. The topological polar surface area (TPSA) is 59.6 Å². The fourth-order valence-corrected chi connectivity index (χ4v) is 2.37. The molecule has 6 heteroatoms. The predicted octanol–water partition coefficient (Wildman–Crippen LogP) is 3.34. The maximum absolute atomic E-state index is 11.8. The van der Waals surface area contributed by atoms with E-state index in [1.807, 2.05) is 48.5 Å². The van der Waals surface area contributed by atoms with Gasteiger partial charge in [-0.3, -0.25) is 0 Å². The lowest BCUT2D eigenvalue weighted by Crippen LogP contribution is -2.37. The highest BCUT2D eigenvalue weighted by Gasteiger charge is 2.04. The van der Waals surface area contributed by atoms with Crippen molar-refractivity contribution < 1.29 is 14.3 Å². The van der Waals surface area contributed by atoms with E-state index in [4.69, 9.17) is 9.47 Å². The summed E-state index contributed by atoms with van der Waals surface area (Å²) in [6.45, 7) is 1.21. The number of urea groups is 1. The van der Waals surface area contributed by atoms with Gasteiger partial charge < -0.3 is 20.1 Å². The number of hydrogen-bond donors (Lipinski definition) is 2. The molecule has 0 heterocycles. The van der Waals surface area contributed by atoms with Crippen LogP contribution in [0.3, 0.4) is 0 Å². The number of halogens is 1.